The Morgan fingerprint density at radius 1 is 1.00 bits per heavy atom. The topological polar surface area (TPSA) is 24.1 Å². The van der Waals surface area contributed by atoms with Gasteiger partial charge in [0.15, 0.2) is 5.11 Å². The molecule has 0 bridgehead atoms. The van der Waals surface area contributed by atoms with E-state index in [0.717, 1.165) is 18.7 Å². The van der Waals surface area contributed by atoms with Crippen molar-refractivity contribution in [2.45, 2.75) is 20.3 Å². The maximum Gasteiger partial charge on any atom is 0.170 e. The number of hydrogen-bond acceptors (Lipinski definition) is 1. The summed E-state index contributed by atoms with van der Waals surface area (Å²) in [5, 5.41) is 7.23. The van der Waals surface area contributed by atoms with E-state index in [4.69, 9.17) is 12.2 Å². The fourth-order valence-corrected chi connectivity index (χ4v) is 2.27. The van der Waals surface area contributed by atoms with Crippen molar-refractivity contribution in [2.75, 3.05) is 11.9 Å². The van der Waals surface area contributed by atoms with Gasteiger partial charge in [-0.25, -0.2) is 0 Å². The maximum absolute atomic E-state index is 5.36. The van der Waals surface area contributed by atoms with E-state index in [-0.39, 0.29) is 0 Å². The molecule has 2 aromatic rings. The van der Waals surface area contributed by atoms with E-state index in [1.54, 1.807) is 0 Å². The molecule has 21 heavy (non-hydrogen) atoms. The second-order valence-electron chi connectivity index (χ2n) is 5.55. The highest BCUT2D eigenvalue weighted by Crippen LogP contribution is 2.19. The van der Waals surface area contributed by atoms with E-state index in [0.29, 0.717) is 11.0 Å². The highest BCUT2D eigenvalue weighted by Gasteiger charge is 2.05. The van der Waals surface area contributed by atoms with Crippen LogP contribution in [0.1, 0.15) is 25.0 Å². The van der Waals surface area contributed by atoms with Crippen LogP contribution in [0.5, 0.6) is 0 Å². The third kappa shape index (κ3) is 5.20. The van der Waals surface area contributed by atoms with Crippen molar-refractivity contribution in [1.82, 2.24) is 5.32 Å². The molecule has 0 saturated heterocycles. The highest BCUT2D eigenvalue weighted by molar-refractivity contribution is 7.80. The monoisotopic (exact) mass is 298 g/mol. The molecular formula is C18H22N2S. The van der Waals surface area contributed by atoms with Crippen LogP contribution in [-0.2, 0) is 6.42 Å². The molecule has 110 valence electrons. The molecule has 0 spiro atoms. The van der Waals surface area contributed by atoms with Crippen LogP contribution in [-0.4, -0.2) is 11.7 Å². The summed E-state index contributed by atoms with van der Waals surface area (Å²) < 4.78 is 0. The molecule has 0 aliphatic heterocycles. The Hall–Kier alpha value is -1.87. The molecule has 0 fully saturated rings. The van der Waals surface area contributed by atoms with Gasteiger partial charge in [0, 0.05) is 12.2 Å². The Morgan fingerprint density at radius 2 is 1.67 bits per heavy atom. The number of nitrogens with one attached hydrogen (secondary N) is 2. The van der Waals surface area contributed by atoms with Crippen molar-refractivity contribution in [2.24, 2.45) is 5.92 Å². The van der Waals surface area contributed by atoms with Crippen LogP contribution in [0.2, 0.25) is 0 Å². The Bertz CT molecular complexity index is 579. The molecule has 0 atom stereocenters. The molecule has 0 saturated carbocycles. The molecule has 0 aromatic heterocycles. The summed E-state index contributed by atoms with van der Waals surface area (Å²) in [6, 6.07) is 18.8. The predicted molar refractivity (Wildman–Crippen MR) is 94.8 cm³/mol. The molecule has 0 amide bonds. The van der Waals surface area contributed by atoms with Crippen LogP contribution in [0.4, 0.5) is 5.69 Å². The SMILES string of the molecule is CC(C)CNC(=S)Nc1ccccc1Cc1ccccc1. The van der Waals surface area contributed by atoms with Gasteiger partial charge in [-0.2, -0.15) is 0 Å². The van der Waals surface area contributed by atoms with Crippen LogP contribution < -0.4 is 10.6 Å². The van der Waals surface area contributed by atoms with Crippen molar-refractivity contribution in [3.63, 3.8) is 0 Å². The lowest BCUT2D eigenvalue weighted by molar-refractivity contribution is 0.627. The number of hydrogen-bond donors (Lipinski definition) is 2. The molecule has 0 aliphatic carbocycles. The summed E-state index contributed by atoms with van der Waals surface area (Å²) in [6.45, 7) is 5.21. The first-order valence-electron chi connectivity index (χ1n) is 7.32. The predicted octanol–water partition coefficient (Wildman–Crippen LogP) is 4.22. The van der Waals surface area contributed by atoms with Crippen LogP contribution >= 0.6 is 12.2 Å². The fraction of sp³-hybridized carbons (Fsp3) is 0.278. The summed E-state index contributed by atoms with van der Waals surface area (Å²) in [7, 11) is 0. The van der Waals surface area contributed by atoms with Gasteiger partial charge in [0.25, 0.3) is 0 Å². The van der Waals surface area contributed by atoms with E-state index < -0.39 is 0 Å². The first kappa shape index (κ1) is 15.5. The maximum atomic E-state index is 5.36. The summed E-state index contributed by atoms with van der Waals surface area (Å²) in [6.07, 6.45) is 0.900. The number of benzene rings is 2. The van der Waals surface area contributed by atoms with E-state index in [1.807, 2.05) is 12.1 Å². The standard InChI is InChI=1S/C18H22N2S/c1-14(2)13-19-18(21)20-17-11-7-6-10-16(17)12-15-8-4-3-5-9-15/h3-11,14H,12-13H2,1-2H3,(H2,19,20,21). The Labute approximate surface area is 132 Å². The minimum Gasteiger partial charge on any atom is -0.362 e. The van der Waals surface area contributed by atoms with E-state index >= 15 is 0 Å². The van der Waals surface area contributed by atoms with Gasteiger partial charge in [0.05, 0.1) is 0 Å². The van der Waals surface area contributed by atoms with Gasteiger partial charge in [0.1, 0.15) is 0 Å². The normalized spacial score (nSPS) is 10.4. The van der Waals surface area contributed by atoms with Crippen molar-refractivity contribution in [3.05, 3.63) is 65.7 Å². The van der Waals surface area contributed by atoms with Gasteiger partial charge in [-0.3, -0.25) is 0 Å². The fourth-order valence-electron chi connectivity index (χ4n) is 2.08. The first-order chi connectivity index (χ1) is 10.1. The largest absolute Gasteiger partial charge is 0.362 e. The van der Waals surface area contributed by atoms with Crippen molar-refractivity contribution in [1.29, 1.82) is 0 Å². The van der Waals surface area contributed by atoms with Crippen LogP contribution in [0, 0.1) is 5.92 Å². The second-order valence-corrected chi connectivity index (χ2v) is 5.96. The van der Waals surface area contributed by atoms with Gasteiger partial charge in [-0.1, -0.05) is 62.4 Å². The van der Waals surface area contributed by atoms with E-state index in [2.05, 4.69) is 66.9 Å². The summed E-state index contributed by atoms with van der Waals surface area (Å²) in [4.78, 5) is 0. The lowest BCUT2D eigenvalue weighted by Gasteiger charge is -2.15. The number of thiocarbonyl (C=S) groups is 1. The molecule has 2 aromatic carbocycles. The minimum absolute atomic E-state index is 0.573. The van der Waals surface area contributed by atoms with Gasteiger partial charge >= 0.3 is 0 Å². The van der Waals surface area contributed by atoms with E-state index in [1.165, 1.54) is 11.1 Å². The number of anilines is 1. The Kier molecular flexibility index (Phi) is 5.76. The third-order valence-corrected chi connectivity index (χ3v) is 3.42. The zero-order valence-corrected chi connectivity index (χ0v) is 13.4. The van der Waals surface area contributed by atoms with Crippen molar-refractivity contribution < 1.29 is 0 Å². The summed E-state index contributed by atoms with van der Waals surface area (Å²) in [5.41, 5.74) is 3.62. The second kappa shape index (κ2) is 7.79. The van der Waals surface area contributed by atoms with Crippen LogP contribution in [0.25, 0.3) is 0 Å². The van der Waals surface area contributed by atoms with Gasteiger partial charge < -0.3 is 10.6 Å². The quantitative estimate of drug-likeness (QED) is 0.808. The molecule has 2 nitrogen and oxygen atoms in total. The zero-order chi connectivity index (χ0) is 15.1. The molecule has 2 rings (SSSR count). The molecule has 0 heterocycles. The minimum atomic E-state index is 0.573. The van der Waals surface area contributed by atoms with Gasteiger partial charge in [0.2, 0.25) is 0 Å². The van der Waals surface area contributed by atoms with Crippen LogP contribution in [0.15, 0.2) is 54.6 Å². The van der Waals surface area contributed by atoms with Crippen molar-refractivity contribution >= 4 is 23.0 Å². The molecule has 0 unspecified atom stereocenters. The van der Waals surface area contributed by atoms with Crippen LogP contribution in [0.3, 0.4) is 0 Å². The Balaban J connectivity index is 2.05. The highest BCUT2D eigenvalue weighted by atomic mass is 32.1. The average Bonchev–Trinajstić information content (AvgIpc) is 2.48. The van der Waals surface area contributed by atoms with Gasteiger partial charge in [-0.15, -0.1) is 0 Å². The first-order valence-corrected chi connectivity index (χ1v) is 7.72. The third-order valence-electron chi connectivity index (χ3n) is 3.17. The summed E-state index contributed by atoms with van der Waals surface area (Å²) in [5.74, 6) is 0.573. The molecular weight excluding hydrogens is 276 g/mol. The van der Waals surface area contributed by atoms with Gasteiger partial charge in [-0.05, 0) is 41.7 Å². The number of rotatable bonds is 5. The average molecular weight is 298 g/mol. The zero-order valence-electron chi connectivity index (χ0n) is 12.6. The molecule has 2 N–H and O–H groups in total. The number of para-hydroxylation sites is 1. The summed E-state index contributed by atoms with van der Waals surface area (Å²) >= 11 is 5.36. The van der Waals surface area contributed by atoms with E-state index in [9.17, 15) is 0 Å². The molecule has 0 radical (unpaired) electrons. The smallest absolute Gasteiger partial charge is 0.170 e. The molecule has 3 heteroatoms. The lowest BCUT2D eigenvalue weighted by Crippen LogP contribution is -2.31. The molecule has 0 aliphatic rings. The van der Waals surface area contributed by atoms with Crippen molar-refractivity contribution in [3.8, 4) is 0 Å². The Morgan fingerprint density at radius 3 is 2.38 bits per heavy atom. The lowest BCUT2D eigenvalue weighted by atomic mass is 10.0.